The molecule has 0 saturated carbocycles. The van der Waals surface area contributed by atoms with Crippen molar-refractivity contribution in [3.8, 4) is 5.75 Å². The molecular formula is C13H17BrClNO. The number of likely N-dealkylation sites (tertiary alicyclic amines) is 1. The molecule has 1 unspecified atom stereocenters. The monoisotopic (exact) mass is 317 g/mol. The third kappa shape index (κ3) is 3.15. The first-order chi connectivity index (χ1) is 8.24. The zero-order valence-electron chi connectivity index (χ0n) is 9.96. The Morgan fingerprint density at radius 2 is 2.35 bits per heavy atom. The summed E-state index contributed by atoms with van der Waals surface area (Å²) >= 11 is 9.58. The normalized spacial score (nSPS) is 20.8. The highest BCUT2D eigenvalue weighted by atomic mass is 79.9. The number of halogens is 2. The lowest BCUT2D eigenvalue weighted by molar-refractivity contribution is 0.262. The number of hydrogen-bond acceptors (Lipinski definition) is 2. The zero-order chi connectivity index (χ0) is 12.3. The Labute approximate surface area is 116 Å². The van der Waals surface area contributed by atoms with E-state index in [0.717, 1.165) is 29.2 Å². The van der Waals surface area contributed by atoms with Crippen molar-refractivity contribution in [1.82, 2.24) is 4.90 Å². The van der Waals surface area contributed by atoms with Crippen LogP contribution in [0.4, 0.5) is 0 Å². The first kappa shape index (κ1) is 13.2. The molecule has 1 aromatic rings. The van der Waals surface area contributed by atoms with E-state index in [1.54, 1.807) is 7.11 Å². The predicted molar refractivity (Wildman–Crippen MR) is 74.8 cm³/mol. The molecule has 0 aromatic heterocycles. The maximum atomic E-state index is 5.99. The Balaban J connectivity index is 2.12. The summed E-state index contributed by atoms with van der Waals surface area (Å²) in [4.78, 5) is 2.45. The highest BCUT2D eigenvalue weighted by molar-refractivity contribution is 9.10. The molecule has 1 fully saturated rings. The summed E-state index contributed by atoms with van der Waals surface area (Å²) in [6, 6.07) is 6.62. The van der Waals surface area contributed by atoms with Gasteiger partial charge in [-0.25, -0.2) is 0 Å². The third-order valence-electron chi connectivity index (χ3n) is 3.30. The van der Waals surface area contributed by atoms with Gasteiger partial charge < -0.3 is 4.74 Å². The minimum atomic E-state index is 0.523. The molecule has 0 radical (unpaired) electrons. The first-order valence-corrected chi connectivity index (χ1v) is 7.19. The van der Waals surface area contributed by atoms with Crippen LogP contribution in [-0.2, 0) is 6.54 Å². The van der Waals surface area contributed by atoms with Gasteiger partial charge in [0.2, 0.25) is 0 Å². The molecule has 17 heavy (non-hydrogen) atoms. The van der Waals surface area contributed by atoms with Crippen molar-refractivity contribution in [1.29, 1.82) is 0 Å². The van der Waals surface area contributed by atoms with Gasteiger partial charge in [-0.05, 0) is 43.1 Å². The second kappa shape index (κ2) is 6.07. The molecule has 0 bridgehead atoms. The highest BCUT2D eigenvalue weighted by Gasteiger charge is 2.24. The molecule has 1 atom stereocenters. The maximum Gasteiger partial charge on any atom is 0.119 e. The van der Waals surface area contributed by atoms with Gasteiger partial charge in [0, 0.05) is 22.9 Å². The summed E-state index contributed by atoms with van der Waals surface area (Å²) in [6.45, 7) is 2.08. The summed E-state index contributed by atoms with van der Waals surface area (Å²) in [5.74, 6) is 1.63. The lowest BCUT2D eigenvalue weighted by Crippen LogP contribution is -2.30. The van der Waals surface area contributed by atoms with E-state index in [4.69, 9.17) is 16.3 Å². The van der Waals surface area contributed by atoms with Crippen LogP contribution in [0.5, 0.6) is 5.75 Å². The van der Waals surface area contributed by atoms with Gasteiger partial charge in [-0.3, -0.25) is 4.90 Å². The molecular weight excluding hydrogens is 302 g/mol. The Morgan fingerprint density at radius 3 is 3.06 bits per heavy atom. The first-order valence-electron chi connectivity index (χ1n) is 5.87. The number of ether oxygens (including phenoxy) is 1. The van der Waals surface area contributed by atoms with E-state index < -0.39 is 0 Å². The predicted octanol–water partition coefficient (Wildman–Crippen LogP) is 3.66. The quantitative estimate of drug-likeness (QED) is 0.786. The van der Waals surface area contributed by atoms with Gasteiger partial charge in [-0.15, -0.1) is 11.6 Å². The van der Waals surface area contributed by atoms with E-state index in [9.17, 15) is 0 Å². The lowest BCUT2D eigenvalue weighted by atomic mass is 10.2. The van der Waals surface area contributed by atoms with E-state index in [1.807, 2.05) is 12.1 Å². The minimum absolute atomic E-state index is 0.523. The number of hydrogen-bond donors (Lipinski definition) is 0. The summed E-state index contributed by atoms with van der Waals surface area (Å²) in [5.41, 5.74) is 1.27. The van der Waals surface area contributed by atoms with Gasteiger partial charge in [-0.2, -0.15) is 0 Å². The smallest absolute Gasteiger partial charge is 0.119 e. The molecule has 2 nitrogen and oxygen atoms in total. The number of methoxy groups -OCH3 is 1. The van der Waals surface area contributed by atoms with Crippen LogP contribution in [0.25, 0.3) is 0 Å². The van der Waals surface area contributed by atoms with Gasteiger partial charge >= 0.3 is 0 Å². The third-order valence-corrected chi connectivity index (χ3v) is 4.43. The van der Waals surface area contributed by atoms with Crippen LogP contribution in [0.15, 0.2) is 22.7 Å². The fraction of sp³-hybridized carbons (Fsp3) is 0.538. The van der Waals surface area contributed by atoms with Crippen LogP contribution in [0.3, 0.4) is 0 Å². The van der Waals surface area contributed by atoms with E-state index in [-0.39, 0.29) is 0 Å². The number of benzene rings is 1. The fourth-order valence-electron chi connectivity index (χ4n) is 2.30. The summed E-state index contributed by atoms with van der Waals surface area (Å²) in [5, 5.41) is 0. The molecule has 1 aliphatic heterocycles. The Hall–Kier alpha value is -0.250. The zero-order valence-corrected chi connectivity index (χ0v) is 12.3. The van der Waals surface area contributed by atoms with Crippen molar-refractivity contribution in [2.24, 2.45) is 0 Å². The van der Waals surface area contributed by atoms with E-state index in [1.165, 1.54) is 18.4 Å². The number of nitrogens with zero attached hydrogens (tertiary/aromatic N) is 1. The highest BCUT2D eigenvalue weighted by Crippen LogP contribution is 2.27. The van der Waals surface area contributed by atoms with Crippen molar-refractivity contribution in [3.63, 3.8) is 0 Å². The molecule has 0 N–H and O–H groups in total. The molecule has 1 aliphatic rings. The Morgan fingerprint density at radius 1 is 1.53 bits per heavy atom. The van der Waals surface area contributed by atoms with Gasteiger partial charge in [-0.1, -0.05) is 15.9 Å². The molecule has 1 heterocycles. The average Bonchev–Trinajstić information content (AvgIpc) is 2.79. The van der Waals surface area contributed by atoms with Crippen molar-refractivity contribution < 1.29 is 4.74 Å². The molecule has 4 heteroatoms. The van der Waals surface area contributed by atoms with Crippen LogP contribution >= 0.6 is 27.5 Å². The van der Waals surface area contributed by atoms with Crippen LogP contribution in [0.2, 0.25) is 0 Å². The molecule has 1 saturated heterocycles. The lowest BCUT2D eigenvalue weighted by Gasteiger charge is -2.23. The average molecular weight is 319 g/mol. The summed E-state index contributed by atoms with van der Waals surface area (Å²) in [7, 11) is 1.70. The van der Waals surface area contributed by atoms with Gasteiger partial charge in [0.05, 0.1) is 7.11 Å². The second-order valence-corrected chi connectivity index (χ2v) is 5.54. The van der Waals surface area contributed by atoms with Crippen LogP contribution < -0.4 is 4.74 Å². The van der Waals surface area contributed by atoms with Crippen molar-refractivity contribution >= 4 is 27.5 Å². The van der Waals surface area contributed by atoms with E-state index in [0.29, 0.717) is 6.04 Å². The minimum Gasteiger partial charge on any atom is -0.497 e. The van der Waals surface area contributed by atoms with E-state index >= 15 is 0 Å². The van der Waals surface area contributed by atoms with Gasteiger partial charge in [0.1, 0.15) is 5.75 Å². The van der Waals surface area contributed by atoms with Crippen molar-refractivity contribution in [3.05, 3.63) is 28.2 Å². The maximum absolute atomic E-state index is 5.99. The van der Waals surface area contributed by atoms with Crippen LogP contribution in [0.1, 0.15) is 18.4 Å². The van der Waals surface area contributed by atoms with Crippen molar-refractivity contribution in [2.75, 3.05) is 19.5 Å². The number of alkyl halides is 1. The Kier molecular flexibility index (Phi) is 4.71. The standard InChI is InChI=1S/C13H17BrClNO/c1-17-12-4-5-13(14)10(7-12)9-16-6-2-3-11(16)8-15/h4-5,7,11H,2-3,6,8-9H2,1H3. The largest absolute Gasteiger partial charge is 0.497 e. The molecule has 2 rings (SSSR count). The van der Waals surface area contributed by atoms with E-state index in [2.05, 4.69) is 26.9 Å². The van der Waals surface area contributed by atoms with Crippen LogP contribution in [0, 0.1) is 0 Å². The molecule has 0 amide bonds. The molecule has 1 aromatic carbocycles. The molecule has 94 valence electrons. The van der Waals surface area contributed by atoms with Crippen molar-refractivity contribution in [2.45, 2.75) is 25.4 Å². The van der Waals surface area contributed by atoms with Crippen LogP contribution in [-0.4, -0.2) is 30.5 Å². The SMILES string of the molecule is COc1ccc(Br)c(CN2CCCC2CCl)c1. The van der Waals surface area contributed by atoms with Gasteiger partial charge in [0.25, 0.3) is 0 Å². The Bertz CT molecular complexity index is 386. The molecule has 0 aliphatic carbocycles. The second-order valence-electron chi connectivity index (χ2n) is 4.38. The summed E-state index contributed by atoms with van der Waals surface area (Å²) in [6.07, 6.45) is 2.46. The van der Waals surface area contributed by atoms with Gasteiger partial charge in [0.15, 0.2) is 0 Å². The topological polar surface area (TPSA) is 12.5 Å². The fourth-order valence-corrected chi connectivity index (χ4v) is 3.02. The number of rotatable bonds is 4. The summed E-state index contributed by atoms with van der Waals surface area (Å²) < 4.78 is 6.40. The molecule has 0 spiro atoms.